The van der Waals surface area contributed by atoms with Gasteiger partial charge >= 0.3 is 0 Å². The molecule has 1 aliphatic heterocycles. The van der Waals surface area contributed by atoms with Crippen molar-refractivity contribution in [3.05, 3.63) is 83.6 Å². The molecule has 5 heteroatoms. The van der Waals surface area contributed by atoms with Gasteiger partial charge in [-0.15, -0.1) is 0 Å². The van der Waals surface area contributed by atoms with Gasteiger partial charge in [0.2, 0.25) is 0 Å². The Kier molecular flexibility index (Phi) is 4.39. The molecule has 2 amide bonds. The average molecular weight is 424 g/mol. The number of aromatic nitrogens is 1. The van der Waals surface area contributed by atoms with Gasteiger partial charge in [0.25, 0.3) is 11.8 Å². The number of carbonyl (C=O) groups excluding carboxylic acids is 2. The first kappa shape index (κ1) is 19.2. The van der Waals surface area contributed by atoms with E-state index in [0.29, 0.717) is 0 Å². The number of carbonyl (C=O) groups is 2. The van der Waals surface area contributed by atoms with Gasteiger partial charge in [-0.1, -0.05) is 54.6 Å². The zero-order chi connectivity index (χ0) is 21.8. The van der Waals surface area contributed by atoms with Gasteiger partial charge in [0.05, 0.1) is 18.1 Å². The smallest absolute Gasteiger partial charge is 0.254 e. The molecular weight excluding hydrogens is 398 g/mol. The molecule has 4 atom stereocenters. The van der Waals surface area contributed by atoms with Crippen molar-refractivity contribution in [2.75, 3.05) is 0 Å². The lowest BCUT2D eigenvalue weighted by Crippen LogP contribution is -2.38. The molecule has 32 heavy (non-hydrogen) atoms. The van der Waals surface area contributed by atoms with E-state index >= 15 is 0 Å². The number of hydrogen-bond acceptors (Lipinski definition) is 3. The number of hydrogen-bond donors (Lipinski definition) is 0. The Labute approximate surface area is 187 Å². The lowest BCUT2D eigenvalue weighted by atomic mass is 9.63. The minimum absolute atomic E-state index is 0.140. The molecule has 0 spiro atoms. The third-order valence-electron chi connectivity index (χ3n) is 7.47. The number of imide groups is 1. The van der Waals surface area contributed by atoms with Gasteiger partial charge in [-0.25, -0.2) is 0 Å². The topological polar surface area (TPSA) is 54.7 Å². The molecule has 3 aliphatic carbocycles. The monoisotopic (exact) mass is 423 g/mol. The van der Waals surface area contributed by atoms with Crippen LogP contribution in [-0.2, 0) is 16.1 Å². The van der Waals surface area contributed by atoms with E-state index in [1.165, 1.54) is 11.1 Å². The predicted octanol–water partition coefficient (Wildman–Crippen LogP) is 4.53. The van der Waals surface area contributed by atoms with Gasteiger partial charge in [0.15, 0.2) is 0 Å². The Morgan fingerprint density at radius 2 is 1.59 bits per heavy atom. The van der Waals surface area contributed by atoms with Crippen molar-refractivity contribution in [2.45, 2.75) is 26.3 Å². The molecule has 3 aromatic rings. The van der Waals surface area contributed by atoms with Crippen molar-refractivity contribution in [2.24, 2.45) is 28.8 Å². The number of para-hydroxylation sites is 1. The van der Waals surface area contributed by atoms with Gasteiger partial charge in [0.1, 0.15) is 0 Å². The van der Waals surface area contributed by atoms with Crippen molar-refractivity contribution < 1.29 is 9.59 Å². The first-order valence-corrected chi connectivity index (χ1v) is 11.3. The first-order valence-electron chi connectivity index (χ1n) is 11.3. The Morgan fingerprint density at radius 3 is 2.28 bits per heavy atom. The number of allylic oxidation sites excluding steroid dienone is 2. The molecule has 4 unspecified atom stereocenters. The van der Waals surface area contributed by atoms with Crippen LogP contribution in [-0.4, -0.2) is 27.6 Å². The van der Waals surface area contributed by atoms with Gasteiger partial charge in [0, 0.05) is 29.2 Å². The molecule has 1 saturated heterocycles. The number of fused-ring (bicyclic) bond motifs is 2. The van der Waals surface area contributed by atoms with Crippen LogP contribution < -0.4 is 0 Å². The van der Waals surface area contributed by atoms with E-state index in [2.05, 4.69) is 65.3 Å². The lowest BCUT2D eigenvalue weighted by molar-refractivity contribution is -0.140. The number of aryl methyl sites for hydroxylation is 1. The minimum atomic E-state index is -0.231. The Balaban J connectivity index is 1.33. The molecule has 2 bridgehead atoms. The van der Waals surface area contributed by atoms with E-state index in [1.54, 1.807) is 6.21 Å². The number of nitrogens with zero attached hydrogens (tertiary/aromatic N) is 3. The first-order chi connectivity index (χ1) is 15.6. The third-order valence-corrected chi connectivity index (χ3v) is 7.47. The predicted molar refractivity (Wildman–Crippen MR) is 124 cm³/mol. The van der Waals surface area contributed by atoms with Crippen LogP contribution >= 0.6 is 0 Å². The highest BCUT2D eigenvalue weighted by Gasteiger charge is 2.56. The minimum Gasteiger partial charge on any atom is -0.342 e. The fraction of sp³-hybridized carbons (Fsp3) is 0.296. The molecule has 0 N–H and O–H groups in total. The molecule has 5 nitrogen and oxygen atoms in total. The maximum absolute atomic E-state index is 13.1. The number of benzene rings is 2. The van der Waals surface area contributed by atoms with E-state index in [9.17, 15) is 9.59 Å². The molecule has 160 valence electrons. The third kappa shape index (κ3) is 2.88. The Morgan fingerprint density at radius 1 is 0.938 bits per heavy atom. The van der Waals surface area contributed by atoms with Gasteiger partial charge in [-0.05, 0) is 48.8 Å². The molecule has 7 rings (SSSR count). The normalized spacial score (nSPS) is 26.6. The van der Waals surface area contributed by atoms with Crippen LogP contribution in [0.3, 0.4) is 0 Å². The molecule has 2 fully saturated rings. The Hall–Kier alpha value is -3.47. The summed E-state index contributed by atoms with van der Waals surface area (Å²) in [5, 5.41) is 6.63. The fourth-order valence-electron chi connectivity index (χ4n) is 5.77. The Bertz CT molecular complexity index is 1270. The summed E-state index contributed by atoms with van der Waals surface area (Å²) in [6, 6.07) is 16.5. The second-order valence-electron chi connectivity index (χ2n) is 9.23. The van der Waals surface area contributed by atoms with E-state index in [1.807, 2.05) is 18.2 Å². The molecule has 1 aromatic heterocycles. The summed E-state index contributed by atoms with van der Waals surface area (Å²) in [6.45, 7) is 2.87. The highest BCUT2D eigenvalue weighted by Crippen LogP contribution is 2.49. The summed E-state index contributed by atoms with van der Waals surface area (Å²) in [4.78, 5) is 26.1. The van der Waals surface area contributed by atoms with E-state index < -0.39 is 0 Å². The van der Waals surface area contributed by atoms with Crippen molar-refractivity contribution in [1.29, 1.82) is 0 Å². The van der Waals surface area contributed by atoms with Crippen molar-refractivity contribution >= 4 is 28.9 Å². The average Bonchev–Trinajstić information content (AvgIpc) is 3.31. The zero-order valence-electron chi connectivity index (χ0n) is 18.0. The summed E-state index contributed by atoms with van der Waals surface area (Å²) in [6.07, 6.45) is 9.99. The molecule has 1 saturated carbocycles. The van der Waals surface area contributed by atoms with Crippen LogP contribution in [0.15, 0.2) is 72.0 Å². The number of amides is 2. The maximum atomic E-state index is 13.1. The van der Waals surface area contributed by atoms with Crippen LogP contribution in [0.5, 0.6) is 0 Å². The van der Waals surface area contributed by atoms with E-state index in [-0.39, 0.29) is 35.5 Å². The summed E-state index contributed by atoms with van der Waals surface area (Å²) in [5.74, 6) is -0.384. The summed E-state index contributed by atoms with van der Waals surface area (Å²) >= 11 is 0. The fourth-order valence-corrected chi connectivity index (χ4v) is 5.77. The van der Waals surface area contributed by atoms with E-state index in [0.717, 1.165) is 40.9 Å². The van der Waals surface area contributed by atoms with Crippen molar-refractivity contribution in [3.63, 3.8) is 0 Å². The van der Waals surface area contributed by atoms with Crippen molar-refractivity contribution in [1.82, 2.24) is 9.58 Å². The number of hydrazone groups is 1. The number of rotatable bonds is 4. The van der Waals surface area contributed by atoms with Crippen LogP contribution in [0.4, 0.5) is 0 Å². The molecule has 2 aromatic carbocycles. The van der Waals surface area contributed by atoms with Gasteiger partial charge < -0.3 is 4.57 Å². The lowest BCUT2D eigenvalue weighted by Gasteiger charge is -2.37. The van der Waals surface area contributed by atoms with Crippen LogP contribution in [0.2, 0.25) is 0 Å². The van der Waals surface area contributed by atoms with Crippen molar-refractivity contribution in [3.8, 4) is 0 Å². The molecular formula is C27H25N3O2. The van der Waals surface area contributed by atoms with Gasteiger partial charge in [-0.3, -0.25) is 9.59 Å². The molecule has 4 aliphatic rings. The SMILES string of the molecule is Cc1ccccc1Cn1cc(C=NN2C(=O)C3C4C=CC(CC4)C3C2=O)c2ccccc21. The zero-order valence-corrected chi connectivity index (χ0v) is 18.0. The molecule has 2 heterocycles. The van der Waals surface area contributed by atoms with Crippen LogP contribution in [0.1, 0.15) is 29.5 Å². The summed E-state index contributed by atoms with van der Waals surface area (Å²) in [5.41, 5.74) is 4.52. The highest BCUT2D eigenvalue weighted by atomic mass is 16.2. The second-order valence-corrected chi connectivity index (χ2v) is 9.23. The molecule has 0 radical (unpaired) electrons. The van der Waals surface area contributed by atoms with Crippen LogP contribution in [0.25, 0.3) is 10.9 Å². The quantitative estimate of drug-likeness (QED) is 0.352. The summed E-state index contributed by atoms with van der Waals surface area (Å²) < 4.78 is 2.20. The standard InChI is InChI=1S/C27H25N3O2/c1-17-6-2-3-7-20(17)15-29-16-21(22-8-4-5-9-23(22)29)14-28-30-26(31)24-18-10-11-19(13-12-18)25(24)27(30)32/h2-11,14,16,18-19,24-25H,12-13,15H2,1H3. The van der Waals surface area contributed by atoms with Crippen LogP contribution in [0, 0.1) is 30.6 Å². The summed E-state index contributed by atoms with van der Waals surface area (Å²) in [7, 11) is 0. The largest absolute Gasteiger partial charge is 0.342 e. The second kappa shape index (κ2) is 7.30. The van der Waals surface area contributed by atoms with E-state index in [4.69, 9.17) is 0 Å². The highest BCUT2D eigenvalue weighted by molar-refractivity contribution is 6.07. The maximum Gasteiger partial charge on any atom is 0.254 e. The van der Waals surface area contributed by atoms with Gasteiger partial charge in [-0.2, -0.15) is 10.1 Å².